The van der Waals surface area contributed by atoms with Crippen molar-refractivity contribution in [3.63, 3.8) is 0 Å². The smallest absolute Gasteiger partial charge is 0.345 e. The van der Waals surface area contributed by atoms with E-state index < -0.39 is 54.9 Å². The van der Waals surface area contributed by atoms with E-state index in [-0.39, 0.29) is 18.5 Å². The van der Waals surface area contributed by atoms with Crippen LogP contribution in [0.4, 0.5) is 13.2 Å². The van der Waals surface area contributed by atoms with Gasteiger partial charge < -0.3 is 30.0 Å². The number of alkyl halides is 2. The highest BCUT2D eigenvalue weighted by atomic mass is 32.1. The highest BCUT2D eigenvalue weighted by Crippen LogP contribution is 2.29. The van der Waals surface area contributed by atoms with Crippen molar-refractivity contribution >= 4 is 29.1 Å². The Labute approximate surface area is 259 Å². The monoisotopic (exact) mass is 639 g/mol. The van der Waals surface area contributed by atoms with E-state index in [1.54, 1.807) is 12.4 Å². The number of rotatable bonds is 12. The van der Waals surface area contributed by atoms with Crippen molar-refractivity contribution in [1.29, 1.82) is 0 Å². The highest BCUT2D eigenvalue weighted by Gasteiger charge is 2.41. The Hall–Kier alpha value is -4.95. The van der Waals surface area contributed by atoms with Gasteiger partial charge in [-0.05, 0) is 54.6 Å². The molecule has 1 aliphatic rings. The minimum absolute atomic E-state index is 0.155. The average Bonchev–Trinajstić information content (AvgIpc) is 3.81. The number of thiophene rings is 1. The molecular formula is C31H28F3N5O5S. The predicted octanol–water partition coefficient (Wildman–Crippen LogP) is 5.05. The minimum Gasteiger partial charge on any atom is -0.457 e. The van der Waals surface area contributed by atoms with E-state index in [4.69, 9.17) is 4.74 Å². The molecular weight excluding hydrogens is 611 g/mol. The van der Waals surface area contributed by atoms with Crippen molar-refractivity contribution in [2.45, 2.75) is 31.2 Å². The highest BCUT2D eigenvalue weighted by molar-refractivity contribution is 7.10. The molecule has 1 fully saturated rings. The number of hydrogen-bond acceptors (Lipinski definition) is 7. The fourth-order valence-corrected chi connectivity index (χ4v) is 5.74. The van der Waals surface area contributed by atoms with Crippen LogP contribution < -0.4 is 15.4 Å². The van der Waals surface area contributed by atoms with Gasteiger partial charge in [-0.15, -0.1) is 17.9 Å². The summed E-state index contributed by atoms with van der Waals surface area (Å²) in [6.07, 6.45) is 3.60. The first kappa shape index (κ1) is 31.5. The molecule has 0 aliphatic carbocycles. The number of carbonyl (C=O) groups excluding carboxylic acids is 3. The summed E-state index contributed by atoms with van der Waals surface area (Å²) < 4.78 is 49.4. The van der Waals surface area contributed by atoms with Crippen LogP contribution in [0.2, 0.25) is 0 Å². The second-order valence-electron chi connectivity index (χ2n) is 9.98. The molecule has 0 radical (unpaired) electrons. The van der Waals surface area contributed by atoms with Crippen LogP contribution >= 0.6 is 11.3 Å². The number of aromatic amines is 1. The van der Waals surface area contributed by atoms with Crippen LogP contribution in [0.25, 0.3) is 11.4 Å². The molecule has 3 amide bonds. The lowest BCUT2D eigenvalue weighted by Gasteiger charge is -2.25. The molecule has 1 aliphatic heterocycles. The van der Waals surface area contributed by atoms with Gasteiger partial charge in [0.15, 0.2) is 0 Å². The molecule has 1 saturated heterocycles. The van der Waals surface area contributed by atoms with Gasteiger partial charge in [-0.2, -0.15) is 8.78 Å². The van der Waals surface area contributed by atoms with Gasteiger partial charge >= 0.3 is 6.61 Å². The molecule has 0 saturated carbocycles. The molecule has 10 nitrogen and oxygen atoms in total. The van der Waals surface area contributed by atoms with E-state index in [1.165, 1.54) is 65.9 Å². The molecule has 14 heteroatoms. The van der Waals surface area contributed by atoms with Crippen LogP contribution in [-0.2, 0) is 14.3 Å². The lowest BCUT2D eigenvalue weighted by molar-refractivity contribution is -0.160. The van der Waals surface area contributed by atoms with Crippen LogP contribution in [0.5, 0.6) is 11.5 Å². The van der Waals surface area contributed by atoms with Crippen molar-refractivity contribution in [1.82, 2.24) is 25.5 Å². The lowest BCUT2D eigenvalue weighted by Crippen LogP contribution is -2.49. The zero-order chi connectivity index (χ0) is 31.9. The number of halogens is 3. The third kappa shape index (κ3) is 7.96. The summed E-state index contributed by atoms with van der Waals surface area (Å²) in [4.78, 5) is 48.4. The maximum atomic E-state index is 13.4. The van der Waals surface area contributed by atoms with Crippen molar-refractivity contribution < 1.29 is 37.0 Å². The molecule has 3 atom stereocenters. The van der Waals surface area contributed by atoms with E-state index in [2.05, 4.69) is 31.9 Å². The molecule has 4 aromatic rings. The number of aromatic nitrogens is 2. The van der Waals surface area contributed by atoms with E-state index in [0.29, 0.717) is 17.3 Å². The number of H-pyrrole nitrogens is 1. The molecule has 3 heterocycles. The number of amides is 3. The molecule has 2 aromatic heterocycles. The molecule has 234 valence electrons. The van der Waals surface area contributed by atoms with Crippen LogP contribution in [-0.4, -0.2) is 64.4 Å². The molecule has 3 N–H and O–H groups in total. The number of benzene rings is 2. The van der Waals surface area contributed by atoms with E-state index in [1.807, 2.05) is 11.4 Å². The third-order valence-corrected chi connectivity index (χ3v) is 7.99. The summed E-state index contributed by atoms with van der Waals surface area (Å²) in [5.74, 6) is -0.734. The van der Waals surface area contributed by atoms with Crippen LogP contribution in [0.3, 0.4) is 0 Å². The van der Waals surface area contributed by atoms with Crippen LogP contribution in [0, 0.1) is 5.82 Å². The Morgan fingerprint density at radius 1 is 1.13 bits per heavy atom. The second kappa shape index (κ2) is 14.2. The number of hydrogen-bond donors (Lipinski definition) is 3. The number of ether oxygens (including phenoxy) is 2. The molecule has 0 bridgehead atoms. The van der Waals surface area contributed by atoms with Crippen molar-refractivity contribution in [2.24, 2.45) is 0 Å². The number of likely N-dealkylation sites (tertiary alicyclic amines) is 1. The zero-order valence-corrected chi connectivity index (χ0v) is 24.4. The summed E-state index contributed by atoms with van der Waals surface area (Å²) in [6.45, 7) is -0.0308. The molecule has 5 rings (SSSR count). The second-order valence-corrected chi connectivity index (χ2v) is 10.9. The largest absolute Gasteiger partial charge is 0.457 e. The minimum atomic E-state index is -3.09. The summed E-state index contributed by atoms with van der Waals surface area (Å²) >= 11 is 1.37. The van der Waals surface area contributed by atoms with Crippen molar-refractivity contribution in [3.8, 4) is 22.9 Å². The van der Waals surface area contributed by atoms with Gasteiger partial charge in [0.2, 0.25) is 11.8 Å². The van der Waals surface area contributed by atoms with Gasteiger partial charge in [0.05, 0.1) is 18.7 Å². The number of nitrogens with zero attached hydrogens (tertiary/aromatic N) is 2. The Morgan fingerprint density at radius 3 is 2.49 bits per heavy atom. The maximum Gasteiger partial charge on any atom is 0.345 e. The maximum absolute atomic E-state index is 13.4. The molecule has 2 aromatic carbocycles. The Balaban J connectivity index is 1.20. The van der Waals surface area contributed by atoms with Gasteiger partial charge in [-0.1, -0.05) is 6.08 Å². The summed E-state index contributed by atoms with van der Waals surface area (Å²) in [6, 6.07) is 11.6. The fraction of sp³-hybridized carbons (Fsp3) is 0.226. The normalized spacial score (nSPS) is 16.8. The van der Waals surface area contributed by atoms with Crippen molar-refractivity contribution in [2.75, 3.05) is 13.1 Å². The Bertz CT molecular complexity index is 1630. The molecule has 0 spiro atoms. The fourth-order valence-electron chi connectivity index (χ4n) is 4.80. The van der Waals surface area contributed by atoms with Gasteiger partial charge in [0, 0.05) is 46.7 Å². The zero-order valence-electron chi connectivity index (χ0n) is 23.6. The van der Waals surface area contributed by atoms with Gasteiger partial charge in [-0.3, -0.25) is 14.4 Å². The number of imidazole rings is 1. The van der Waals surface area contributed by atoms with Crippen LogP contribution in [0.1, 0.15) is 27.7 Å². The number of nitrogens with one attached hydrogen (secondary N) is 3. The average molecular weight is 640 g/mol. The first-order valence-corrected chi connectivity index (χ1v) is 14.6. The molecule has 45 heavy (non-hydrogen) atoms. The lowest BCUT2D eigenvalue weighted by atomic mass is 10.1. The first-order chi connectivity index (χ1) is 21.7. The first-order valence-electron chi connectivity index (χ1n) is 13.8. The van der Waals surface area contributed by atoms with Crippen LogP contribution in [0.15, 0.2) is 85.0 Å². The Kier molecular flexibility index (Phi) is 9.95. The SMILES string of the molecule is C=C[C@@H](NC(=O)[C@@H]1C[C@@H](OC(F)F)CN1C(=O)CNC(=O)c1ccc(Oc2ccc(F)cc2)cc1)c1cc(-c2ncc[nH]2)cs1. The van der Waals surface area contributed by atoms with Gasteiger partial charge in [0.1, 0.15) is 29.2 Å². The van der Waals surface area contributed by atoms with Gasteiger partial charge in [-0.25, -0.2) is 9.37 Å². The number of carbonyl (C=O) groups is 3. The quantitative estimate of drug-likeness (QED) is 0.186. The van der Waals surface area contributed by atoms with E-state index in [0.717, 1.165) is 15.3 Å². The van der Waals surface area contributed by atoms with E-state index in [9.17, 15) is 27.6 Å². The summed E-state index contributed by atoms with van der Waals surface area (Å²) in [5.41, 5.74) is 1.04. The summed E-state index contributed by atoms with van der Waals surface area (Å²) in [7, 11) is 0. The summed E-state index contributed by atoms with van der Waals surface area (Å²) in [5, 5.41) is 7.19. The Morgan fingerprint density at radius 2 is 1.84 bits per heavy atom. The predicted molar refractivity (Wildman–Crippen MR) is 159 cm³/mol. The van der Waals surface area contributed by atoms with Gasteiger partial charge in [0.25, 0.3) is 5.91 Å². The van der Waals surface area contributed by atoms with Crippen molar-refractivity contribution in [3.05, 3.63) is 101 Å². The third-order valence-electron chi connectivity index (χ3n) is 6.98. The standard InChI is InChI=1S/C31H28F3N5O5S/c1-2-24(26-13-19(17-45-26)28-35-11-12-36-28)38-30(42)25-14-23(44-31(33)34)16-39(25)27(40)15-37-29(41)18-3-7-21(8-4-18)43-22-9-5-20(32)6-10-22/h2-13,17,23-25,31H,1,14-16H2,(H,35,36)(H,37,41)(H,38,42)/t23-,24-,25+/m1/s1. The molecule has 0 unspecified atom stereocenters. The topological polar surface area (TPSA) is 126 Å². The van der Waals surface area contributed by atoms with E-state index >= 15 is 0 Å².